The molecule has 21 heavy (non-hydrogen) atoms. The van der Waals surface area contributed by atoms with Gasteiger partial charge in [-0.2, -0.15) is 5.10 Å². The molecule has 1 aliphatic rings. The Bertz CT molecular complexity index is 667. The van der Waals surface area contributed by atoms with Crippen LogP contribution < -0.4 is 10.6 Å². The molecule has 5 nitrogen and oxygen atoms in total. The molecule has 1 aromatic heterocycles. The third kappa shape index (κ3) is 3.20. The summed E-state index contributed by atoms with van der Waals surface area (Å²) in [6.45, 7) is 2.60. The summed E-state index contributed by atoms with van der Waals surface area (Å²) in [6, 6.07) is 5.14. The number of carbonyl (C=O) groups excluding carboxylic acids is 1. The number of hydrogen-bond acceptors (Lipinski definition) is 3. The number of nitrogens with zero attached hydrogens (tertiary/aromatic N) is 2. The normalized spacial score (nSPS) is 14.8. The van der Waals surface area contributed by atoms with Crippen molar-refractivity contribution in [1.82, 2.24) is 20.4 Å². The Kier molecular flexibility index (Phi) is 4.14. The van der Waals surface area contributed by atoms with Gasteiger partial charge in [-0.05, 0) is 18.2 Å². The van der Waals surface area contributed by atoms with Crippen LogP contribution in [-0.4, -0.2) is 35.3 Å². The van der Waals surface area contributed by atoms with Crippen molar-refractivity contribution in [2.24, 2.45) is 5.92 Å². The van der Waals surface area contributed by atoms with E-state index in [0.29, 0.717) is 33.8 Å². The van der Waals surface area contributed by atoms with Crippen molar-refractivity contribution in [3.05, 3.63) is 46.2 Å². The summed E-state index contributed by atoms with van der Waals surface area (Å²) >= 11 is 12.0. The molecule has 1 amide bonds. The smallest absolute Gasteiger partial charge is 0.254 e. The Hall–Kier alpha value is -1.56. The second-order valence-electron chi connectivity index (χ2n) is 5.00. The van der Waals surface area contributed by atoms with Gasteiger partial charge in [0.2, 0.25) is 0 Å². The van der Waals surface area contributed by atoms with Crippen molar-refractivity contribution in [2.75, 3.05) is 19.6 Å². The molecule has 0 spiro atoms. The minimum atomic E-state index is -0.127. The summed E-state index contributed by atoms with van der Waals surface area (Å²) in [5, 5.41) is 11.3. The Labute approximate surface area is 132 Å². The monoisotopic (exact) mass is 324 g/mol. The number of aromatic nitrogens is 2. The zero-order chi connectivity index (χ0) is 14.8. The van der Waals surface area contributed by atoms with Gasteiger partial charge in [0.25, 0.3) is 5.91 Å². The summed E-state index contributed by atoms with van der Waals surface area (Å²) < 4.78 is 1.57. The highest BCUT2D eigenvalue weighted by atomic mass is 35.5. The first-order chi connectivity index (χ1) is 10.1. The van der Waals surface area contributed by atoms with Crippen LogP contribution in [0, 0.1) is 5.92 Å². The fourth-order valence-corrected chi connectivity index (χ4v) is 2.57. The number of carbonyl (C=O) groups is 1. The number of nitrogens with one attached hydrogen (secondary N) is 2. The van der Waals surface area contributed by atoms with Gasteiger partial charge in [-0.15, -0.1) is 0 Å². The van der Waals surface area contributed by atoms with Gasteiger partial charge in [0, 0.05) is 36.8 Å². The Morgan fingerprint density at radius 3 is 2.90 bits per heavy atom. The number of benzene rings is 1. The van der Waals surface area contributed by atoms with Crippen LogP contribution in [0.5, 0.6) is 0 Å². The van der Waals surface area contributed by atoms with E-state index in [2.05, 4.69) is 15.7 Å². The molecule has 1 fully saturated rings. The van der Waals surface area contributed by atoms with Crippen LogP contribution in [0.25, 0.3) is 5.69 Å². The molecule has 0 aliphatic carbocycles. The topological polar surface area (TPSA) is 59.0 Å². The van der Waals surface area contributed by atoms with E-state index in [0.717, 1.165) is 13.1 Å². The average molecular weight is 325 g/mol. The minimum absolute atomic E-state index is 0.127. The third-order valence-corrected chi connectivity index (χ3v) is 3.96. The molecular formula is C14H14Cl2N4O. The molecular weight excluding hydrogens is 311 g/mol. The molecule has 3 rings (SSSR count). The van der Waals surface area contributed by atoms with Crippen molar-refractivity contribution in [2.45, 2.75) is 0 Å². The van der Waals surface area contributed by atoms with Crippen LogP contribution in [-0.2, 0) is 0 Å². The van der Waals surface area contributed by atoms with Crippen LogP contribution in [0.4, 0.5) is 0 Å². The molecule has 1 saturated heterocycles. The molecule has 7 heteroatoms. The Morgan fingerprint density at radius 2 is 2.24 bits per heavy atom. The Morgan fingerprint density at radius 1 is 1.43 bits per heavy atom. The highest BCUT2D eigenvalue weighted by Crippen LogP contribution is 2.24. The van der Waals surface area contributed by atoms with Gasteiger partial charge < -0.3 is 10.6 Å². The number of amides is 1. The summed E-state index contributed by atoms with van der Waals surface area (Å²) in [4.78, 5) is 12.0. The van der Waals surface area contributed by atoms with Crippen molar-refractivity contribution >= 4 is 29.1 Å². The van der Waals surface area contributed by atoms with Gasteiger partial charge in [0.05, 0.1) is 22.5 Å². The van der Waals surface area contributed by atoms with Gasteiger partial charge in [-0.1, -0.05) is 23.2 Å². The average Bonchev–Trinajstić information content (AvgIpc) is 2.86. The lowest BCUT2D eigenvalue weighted by molar-refractivity contribution is 0.0942. The minimum Gasteiger partial charge on any atom is -0.352 e. The van der Waals surface area contributed by atoms with Crippen LogP contribution in [0.3, 0.4) is 0 Å². The lowest BCUT2D eigenvalue weighted by Gasteiger charge is -2.26. The van der Waals surface area contributed by atoms with Gasteiger partial charge in [-0.3, -0.25) is 4.79 Å². The second kappa shape index (κ2) is 6.05. The number of hydrogen-bond donors (Lipinski definition) is 2. The zero-order valence-corrected chi connectivity index (χ0v) is 12.7. The first kappa shape index (κ1) is 14.4. The highest BCUT2D eigenvalue weighted by Gasteiger charge is 2.18. The van der Waals surface area contributed by atoms with Gasteiger partial charge in [0.15, 0.2) is 0 Å². The van der Waals surface area contributed by atoms with Crippen LogP contribution >= 0.6 is 23.2 Å². The summed E-state index contributed by atoms with van der Waals surface area (Å²) in [5.41, 5.74) is 1.19. The Balaban J connectivity index is 1.71. The van der Waals surface area contributed by atoms with Gasteiger partial charge in [0.1, 0.15) is 0 Å². The first-order valence-corrected chi connectivity index (χ1v) is 7.38. The van der Waals surface area contributed by atoms with E-state index in [-0.39, 0.29) is 5.91 Å². The predicted octanol–water partition coefficient (Wildman–Crippen LogP) is 2.13. The summed E-state index contributed by atoms with van der Waals surface area (Å²) in [6.07, 6.45) is 3.18. The standard InChI is InChI=1S/C14H14Cl2N4O/c15-11-1-2-13(12(16)3-11)20-8-10(7-19-20)14(21)18-6-9-4-17-5-9/h1-3,7-9,17H,4-6H2,(H,18,21). The molecule has 1 aliphatic heterocycles. The third-order valence-electron chi connectivity index (χ3n) is 3.42. The van der Waals surface area contributed by atoms with Gasteiger partial charge >= 0.3 is 0 Å². The molecule has 110 valence electrons. The second-order valence-corrected chi connectivity index (χ2v) is 5.85. The quantitative estimate of drug-likeness (QED) is 0.905. The van der Waals surface area contributed by atoms with E-state index in [1.165, 1.54) is 6.20 Å². The maximum absolute atomic E-state index is 12.0. The summed E-state index contributed by atoms with van der Waals surface area (Å²) in [5.74, 6) is 0.396. The van der Waals surface area contributed by atoms with Crippen molar-refractivity contribution in [1.29, 1.82) is 0 Å². The maximum Gasteiger partial charge on any atom is 0.254 e. The van der Waals surface area contributed by atoms with E-state index < -0.39 is 0 Å². The largest absolute Gasteiger partial charge is 0.352 e. The molecule has 0 bridgehead atoms. The lowest BCUT2D eigenvalue weighted by Crippen LogP contribution is -2.48. The first-order valence-electron chi connectivity index (χ1n) is 6.62. The van der Waals surface area contributed by atoms with Crippen LogP contribution in [0.2, 0.25) is 10.0 Å². The van der Waals surface area contributed by atoms with E-state index in [1.54, 1.807) is 29.1 Å². The molecule has 0 radical (unpaired) electrons. The molecule has 2 N–H and O–H groups in total. The number of rotatable bonds is 4. The SMILES string of the molecule is O=C(NCC1CNC1)c1cnn(-c2ccc(Cl)cc2Cl)c1. The van der Waals surface area contributed by atoms with E-state index in [1.807, 2.05) is 0 Å². The molecule has 0 saturated carbocycles. The van der Waals surface area contributed by atoms with Crippen LogP contribution in [0.1, 0.15) is 10.4 Å². The van der Waals surface area contributed by atoms with Crippen molar-refractivity contribution in [3.63, 3.8) is 0 Å². The van der Waals surface area contributed by atoms with E-state index >= 15 is 0 Å². The number of halogens is 2. The fraction of sp³-hybridized carbons (Fsp3) is 0.286. The summed E-state index contributed by atoms with van der Waals surface area (Å²) in [7, 11) is 0. The predicted molar refractivity (Wildman–Crippen MR) is 82.3 cm³/mol. The van der Waals surface area contributed by atoms with Gasteiger partial charge in [-0.25, -0.2) is 4.68 Å². The van der Waals surface area contributed by atoms with Crippen molar-refractivity contribution in [3.8, 4) is 5.69 Å². The molecule has 2 heterocycles. The molecule has 2 aromatic rings. The molecule has 0 atom stereocenters. The highest BCUT2D eigenvalue weighted by molar-refractivity contribution is 6.35. The molecule has 1 aromatic carbocycles. The van der Waals surface area contributed by atoms with Crippen molar-refractivity contribution < 1.29 is 4.79 Å². The zero-order valence-electron chi connectivity index (χ0n) is 11.1. The van der Waals surface area contributed by atoms with E-state index in [9.17, 15) is 4.79 Å². The maximum atomic E-state index is 12.0. The fourth-order valence-electron chi connectivity index (χ4n) is 2.07. The van der Waals surface area contributed by atoms with Crippen LogP contribution in [0.15, 0.2) is 30.6 Å². The van der Waals surface area contributed by atoms with E-state index in [4.69, 9.17) is 23.2 Å². The molecule has 0 unspecified atom stereocenters. The lowest BCUT2D eigenvalue weighted by atomic mass is 10.0.